The van der Waals surface area contributed by atoms with Crippen LogP contribution in [0.4, 0.5) is 31.1 Å². The molecule has 13 nitrogen and oxygen atoms in total. The smallest absolute Gasteiger partial charge is 0.434 e. The maximum absolute atomic E-state index is 14.6. The minimum Gasteiger partial charge on any atom is -0.481 e. The first-order valence-electron chi connectivity index (χ1n) is 23.4. The number of hydrogen-bond acceptors (Lipinski definition) is 11. The average molecular weight is 944 g/mol. The molecule has 19 heteroatoms. The van der Waals surface area contributed by atoms with Gasteiger partial charge in [-0.05, 0) is 89.5 Å². The number of nitrogens with one attached hydrogen (secondary N) is 1. The molecule has 4 fully saturated rings. The number of hydrogen-bond donors (Lipinski definition) is 4. The van der Waals surface area contributed by atoms with E-state index < -0.39 is 126 Å². The van der Waals surface area contributed by atoms with E-state index in [0.29, 0.717) is 51.4 Å². The molecule has 4 N–H and O–H groups in total. The number of amides is 1. The highest BCUT2D eigenvalue weighted by Gasteiger charge is 2.65. The number of aliphatic hydroxyl groups is 2. The molecule has 0 bridgehead atoms. The van der Waals surface area contributed by atoms with Gasteiger partial charge < -0.3 is 49.1 Å². The summed E-state index contributed by atoms with van der Waals surface area (Å²) in [5.41, 5.74) is -2.31. The van der Waals surface area contributed by atoms with Crippen LogP contribution in [0.1, 0.15) is 133 Å². The van der Waals surface area contributed by atoms with E-state index in [1.165, 1.54) is 12.2 Å². The van der Waals surface area contributed by atoms with E-state index in [4.69, 9.17) is 23.7 Å². The maximum atomic E-state index is 14.6. The van der Waals surface area contributed by atoms with Gasteiger partial charge in [0.15, 0.2) is 11.6 Å². The highest BCUT2D eigenvalue weighted by Crippen LogP contribution is 2.54. The maximum Gasteiger partial charge on any atom is 0.434 e. The fourth-order valence-electron chi connectivity index (χ4n) is 11.3. The molecule has 0 aromatic heterocycles. The second kappa shape index (κ2) is 19.8. The summed E-state index contributed by atoms with van der Waals surface area (Å²) in [6.45, 7) is 18.0. The summed E-state index contributed by atoms with van der Waals surface area (Å²) >= 11 is 0. The van der Waals surface area contributed by atoms with Gasteiger partial charge in [-0.25, -0.2) is 4.79 Å². The second-order valence-corrected chi connectivity index (χ2v) is 20.0. The number of halogens is 6. The predicted octanol–water partition coefficient (Wildman–Crippen LogP) is 8.42. The van der Waals surface area contributed by atoms with E-state index in [2.05, 4.69) is 10.1 Å². The molecule has 0 aliphatic carbocycles. The molecule has 0 unspecified atom stereocenters. The molecule has 5 aliphatic rings. The van der Waals surface area contributed by atoms with Crippen LogP contribution < -0.4 is 5.32 Å². The molecule has 65 heavy (non-hydrogen) atoms. The molecule has 0 aromatic carbocycles. The molecule has 5 rings (SSSR count). The van der Waals surface area contributed by atoms with Crippen LogP contribution in [-0.2, 0) is 38.0 Å². The predicted molar refractivity (Wildman–Crippen MR) is 222 cm³/mol. The van der Waals surface area contributed by atoms with E-state index in [9.17, 15) is 56.0 Å². The molecule has 0 saturated carbocycles. The lowest BCUT2D eigenvalue weighted by atomic mass is 9.72. The van der Waals surface area contributed by atoms with E-state index in [-0.39, 0.29) is 30.5 Å². The van der Waals surface area contributed by atoms with E-state index in [1.54, 1.807) is 34.6 Å². The number of ketones is 1. The molecule has 0 radical (unpaired) electrons. The fourth-order valence-corrected chi connectivity index (χ4v) is 11.3. The highest BCUT2D eigenvalue weighted by atomic mass is 19.4. The molecule has 18 atom stereocenters. The third-order valence-electron chi connectivity index (χ3n) is 15.6. The molecular weight excluding hydrogens is 872 g/mol. The molecule has 5 aliphatic heterocycles. The Morgan fingerprint density at radius 3 is 2.05 bits per heavy atom. The molecular formula is C46H71F6NO12. The Hall–Kier alpha value is -2.55. The SMILES string of the molecule is CC[C@@H](C(=O)[C@@H](C)[C@@H](O)[C@H](C)[C@@H]1O[C@@H]([C@@H](CC)C(=O)O)CC[C@@H]1C)[C@H]1O[C@]2(C=C[C@@H](NC(=O)OC(C(F)(F)F)C(F)(F)F)[C@]3(CC[C@@](C)([C@H]4CC[C@](O)(CC)[C@H](C)O4)O3)O2)[C@H](C)C[C@@H]1C. The lowest BCUT2D eigenvalue weighted by Gasteiger charge is -2.55. The highest BCUT2D eigenvalue weighted by molar-refractivity contribution is 5.84. The molecule has 4 saturated heterocycles. The van der Waals surface area contributed by atoms with Crippen molar-refractivity contribution in [3.63, 3.8) is 0 Å². The molecule has 0 aromatic rings. The van der Waals surface area contributed by atoms with Crippen molar-refractivity contribution in [1.29, 1.82) is 0 Å². The van der Waals surface area contributed by atoms with Crippen molar-refractivity contribution in [2.24, 2.45) is 41.4 Å². The van der Waals surface area contributed by atoms with Gasteiger partial charge >= 0.3 is 24.4 Å². The van der Waals surface area contributed by atoms with Crippen LogP contribution in [0.3, 0.4) is 0 Å². The fraction of sp³-hybridized carbons (Fsp3) is 0.891. The topological polar surface area (TPSA) is 179 Å². The van der Waals surface area contributed by atoms with Gasteiger partial charge in [-0.3, -0.25) is 9.59 Å². The number of carbonyl (C=O) groups is 3. The lowest BCUT2D eigenvalue weighted by molar-refractivity contribution is -0.398. The molecule has 5 heterocycles. The van der Waals surface area contributed by atoms with Crippen molar-refractivity contribution >= 4 is 17.8 Å². The number of aliphatic carboxylic acids is 1. The number of carboxylic acid groups (broad SMARTS) is 1. The zero-order chi connectivity index (χ0) is 48.8. The quantitative estimate of drug-likeness (QED) is 0.0967. The van der Waals surface area contributed by atoms with Gasteiger partial charge in [-0.1, -0.05) is 61.5 Å². The number of Topliss-reactive ketones (excluding diaryl/α,β-unsaturated/α-hetero) is 1. The Bertz CT molecular complexity index is 1700. The second-order valence-electron chi connectivity index (χ2n) is 20.0. The summed E-state index contributed by atoms with van der Waals surface area (Å²) in [6, 6.07) is -1.50. The summed E-state index contributed by atoms with van der Waals surface area (Å²) in [5, 5.41) is 34.9. The van der Waals surface area contributed by atoms with Gasteiger partial charge in [-0.2, -0.15) is 26.3 Å². The molecule has 2 spiro atoms. The Balaban J connectivity index is 1.43. The van der Waals surface area contributed by atoms with Crippen LogP contribution in [0.15, 0.2) is 12.2 Å². The van der Waals surface area contributed by atoms with Gasteiger partial charge in [-0.15, -0.1) is 0 Å². The number of alkyl carbamates (subject to hydrolysis) is 1. The monoisotopic (exact) mass is 943 g/mol. The van der Waals surface area contributed by atoms with Crippen LogP contribution in [0.25, 0.3) is 0 Å². The van der Waals surface area contributed by atoms with Crippen LogP contribution in [0.5, 0.6) is 0 Å². The van der Waals surface area contributed by atoms with Gasteiger partial charge in [0.25, 0.3) is 6.10 Å². The van der Waals surface area contributed by atoms with Gasteiger partial charge in [0.2, 0.25) is 0 Å². The lowest BCUT2D eigenvalue weighted by Crippen LogP contribution is -2.66. The average Bonchev–Trinajstić information content (AvgIpc) is 3.56. The summed E-state index contributed by atoms with van der Waals surface area (Å²) in [7, 11) is 0. The van der Waals surface area contributed by atoms with Crippen molar-refractivity contribution in [3.8, 4) is 0 Å². The number of aliphatic hydroxyl groups excluding tert-OH is 1. The van der Waals surface area contributed by atoms with Crippen molar-refractivity contribution in [2.45, 2.75) is 217 Å². The van der Waals surface area contributed by atoms with Crippen LogP contribution in [0, 0.1) is 41.4 Å². The zero-order valence-electron chi connectivity index (χ0n) is 39.2. The number of rotatable bonds is 14. The van der Waals surface area contributed by atoms with Crippen LogP contribution in [-0.4, -0.2) is 117 Å². The first-order valence-corrected chi connectivity index (χ1v) is 23.4. The van der Waals surface area contributed by atoms with Crippen LogP contribution in [0.2, 0.25) is 0 Å². The van der Waals surface area contributed by atoms with Gasteiger partial charge in [0.1, 0.15) is 11.8 Å². The minimum absolute atomic E-state index is 0.0136. The summed E-state index contributed by atoms with van der Waals surface area (Å²) in [4.78, 5) is 39.6. The number of ether oxygens (including phenoxy) is 6. The van der Waals surface area contributed by atoms with E-state index in [1.807, 2.05) is 34.6 Å². The standard InChI is InChI=1S/C46H71F6NO12/c1-11-29(38(56)57)31-15-14-23(4)36(61-31)27(8)34(54)26(7)35(55)30(12-2)37-24(5)22-25(6)43(63-37)19-16-32(53-40(58)62-39(45(47,48)49)46(50,51)52)44(65-43)21-20-41(10,64-44)33-17-18-42(59,13-3)28(9)60-33/h16,19,23-34,36-37,39,54,59H,11-15,17-18,20-22H2,1-10H3,(H,53,58)(H,56,57)/t23-,24-,25+,26-,27-,28-,29+,30-,31+,32+,33+,34+,36+,37-,41-,42+,43-,44-/m0/s1. The van der Waals surface area contributed by atoms with Crippen molar-refractivity contribution in [1.82, 2.24) is 5.32 Å². The van der Waals surface area contributed by atoms with Crippen molar-refractivity contribution in [2.75, 3.05) is 0 Å². The van der Waals surface area contributed by atoms with Gasteiger partial charge in [0.05, 0.1) is 53.7 Å². The first kappa shape index (κ1) is 53.4. The summed E-state index contributed by atoms with van der Waals surface area (Å²) in [6.07, 6.45) is -16.3. The zero-order valence-corrected chi connectivity index (χ0v) is 39.2. The molecule has 374 valence electrons. The van der Waals surface area contributed by atoms with Crippen molar-refractivity contribution in [3.05, 3.63) is 12.2 Å². The Morgan fingerprint density at radius 1 is 0.862 bits per heavy atom. The van der Waals surface area contributed by atoms with E-state index >= 15 is 0 Å². The third kappa shape index (κ3) is 10.9. The first-order chi connectivity index (χ1) is 30.0. The Kier molecular flexibility index (Phi) is 16.3. The Labute approximate surface area is 378 Å². The van der Waals surface area contributed by atoms with E-state index in [0.717, 1.165) is 0 Å². The Morgan fingerprint density at radius 2 is 1.49 bits per heavy atom. The number of carboxylic acids is 1. The summed E-state index contributed by atoms with van der Waals surface area (Å²) < 4.78 is 118. The normalized spacial score (nSPS) is 40.3. The van der Waals surface area contributed by atoms with Crippen molar-refractivity contribution < 1.29 is 84.5 Å². The number of alkyl halides is 6. The minimum atomic E-state index is -5.96. The molecule has 1 amide bonds. The number of carbonyl (C=O) groups excluding carboxylic acids is 2. The largest absolute Gasteiger partial charge is 0.481 e. The third-order valence-corrected chi connectivity index (χ3v) is 15.6. The van der Waals surface area contributed by atoms with Crippen LogP contribution >= 0.6 is 0 Å². The van der Waals surface area contributed by atoms with Gasteiger partial charge in [0, 0.05) is 30.1 Å². The summed E-state index contributed by atoms with van der Waals surface area (Å²) in [5.74, 6) is -8.57.